The second-order valence-corrected chi connectivity index (χ2v) is 7.27. The molecule has 0 radical (unpaired) electrons. The summed E-state index contributed by atoms with van der Waals surface area (Å²) in [4.78, 5) is 2.24. The van der Waals surface area contributed by atoms with E-state index in [-0.39, 0.29) is 0 Å². The Kier molecular flexibility index (Phi) is 4.50. The zero-order chi connectivity index (χ0) is 17.2. The third-order valence-electron chi connectivity index (χ3n) is 4.90. The maximum Gasteiger partial charge on any atom is 0.129 e. The van der Waals surface area contributed by atoms with Crippen LogP contribution in [0.25, 0.3) is 10.9 Å². The number of nitrogens with zero attached hydrogens (tertiary/aromatic N) is 2. The second kappa shape index (κ2) is 6.93. The lowest BCUT2D eigenvalue weighted by Crippen LogP contribution is -2.15. The third kappa shape index (κ3) is 3.57. The van der Waals surface area contributed by atoms with Crippen molar-refractivity contribution in [2.45, 2.75) is 31.9 Å². The molecule has 4 rings (SSSR count). The molecule has 0 amide bonds. The van der Waals surface area contributed by atoms with Gasteiger partial charge in [0.1, 0.15) is 12.4 Å². The largest absolute Gasteiger partial charge is 0.488 e. The molecule has 3 nitrogen and oxygen atoms in total. The van der Waals surface area contributed by atoms with E-state index in [0.29, 0.717) is 12.6 Å². The van der Waals surface area contributed by atoms with Crippen LogP contribution in [0.1, 0.15) is 30.0 Å². The van der Waals surface area contributed by atoms with Gasteiger partial charge in [0, 0.05) is 24.2 Å². The van der Waals surface area contributed by atoms with E-state index in [1.807, 2.05) is 6.07 Å². The molecule has 1 aliphatic rings. The van der Waals surface area contributed by atoms with Gasteiger partial charge < -0.3 is 14.2 Å². The maximum absolute atomic E-state index is 6.24. The molecule has 1 aliphatic carbocycles. The van der Waals surface area contributed by atoms with Gasteiger partial charge in [0.05, 0.1) is 5.52 Å². The first kappa shape index (κ1) is 16.2. The van der Waals surface area contributed by atoms with E-state index in [9.17, 15) is 0 Å². The first-order valence-corrected chi connectivity index (χ1v) is 9.16. The Morgan fingerprint density at radius 1 is 1.04 bits per heavy atom. The van der Waals surface area contributed by atoms with E-state index in [2.05, 4.69) is 72.2 Å². The van der Waals surface area contributed by atoms with Crippen molar-refractivity contribution >= 4 is 10.9 Å². The number of hydrogen-bond donors (Lipinski definition) is 0. The summed E-state index contributed by atoms with van der Waals surface area (Å²) in [6, 6.07) is 17.5. The highest BCUT2D eigenvalue weighted by Crippen LogP contribution is 2.41. The van der Waals surface area contributed by atoms with Gasteiger partial charge in [-0.05, 0) is 56.6 Å². The quantitative estimate of drug-likeness (QED) is 0.625. The Morgan fingerprint density at radius 3 is 2.56 bits per heavy atom. The number of ether oxygens (including phenoxy) is 1. The number of rotatable bonds is 7. The van der Waals surface area contributed by atoms with Gasteiger partial charge >= 0.3 is 0 Å². The Labute approximate surface area is 149 Å². The molecule has 3 aromatic rings. The number of fused-ring (bicyclic) bond motifs is 1. The van der Waals surface area contributed by atoms with Crippen LogP contribution in [-0.2, 0) is 13.0 Å². The summed E-state index contributed by atoms with van der Waals surface area (Å²) in [6.45, 7) is 1.67. The fraction of sp³-hybridized carbons (Fsp3) is 0.364. The van der Waals surface area contributed by atoms with Crippen molar-refractivity contribution < 1.29 is 4.74 Å². The summed E-state index contributed by atoms with van der Waals surface area (Å²) in [5.41, 5.74) is 3.93. The summed E-state index contributed by atoms with van der Waals surface area (Å²) in [7, 11) is 4.26. The molecule has 0 N–H and O–H groups in total. The van der Waals surface area contributed by atoms with Gasteiger partial charge in [-0.3, -0.25) is 0 Å². The van der Waals surface area contributed by atoms with Crippen LogP contribution in [0.3, 0.4) is 0 Å². The van der Waals surface area contributed by atoms with Gasteiger partial charge in [-0.2, -0.15) is 0 Å². The van der Waals surface area contributed by atoms with Crippen LogP contribution in [0.2, 0.25) is 0 Å². The van der Waals surface area contributed by atoms with Gasteiger partial charge in [0.15, 0.2) is 0 Å². The fourth-order valence-corrected chi connectivity index (χ4v) is 3.40. The Hall–Kier alpha value is -2.26. The zero-order valence-electron chi connectivity index (χ0n) is 15.1. The standard InChI is InChI=1S/C22H26N2O/c1-23(2)14-13-18-15-24(19-11-12-19)20-9-6-10-21(22(18)20)25-16-17-7-4-3-5-8-17/h3-10,15,19H,11-14,16H2,1-2H3. The highest BCUT2D eigenvalue weighted by atomic mass is 16.5. The molecule has 1 saturated carbocycles. The molecule has 0 unspecified atom stereocenters. The summed E-state index contributed by atoms with van der Waals surface area (Å²) in [6.07, 6.45) is 6.01. The predicted molar refractivity (Wildman–Crippen MR) is 103 cm³/mol. The third-order valence-corrected chi connectivity index (χ3v) is 4.90. The summed E-state index contributed by atoms with van der Waals surface area (Å²) >= 11 is 0. The van der Waals surface area contributed by atoms with Crippen LogP contribution in [0.4, 0.5) is 0 Å². The number of likely N-dealkylation sites (N-methyl/N-ethyl adjacent to an activating group) is 1. The van der Waals surface area contributed by atoms with E-state index in [1.54, 1.807) is 0 Å². The van der Waals surface area contributed by atoms with Crippen molar-refractivity contribution in [3.8, 4) is 5.75 Å². The fourth-order valence-electron chi connectivity index (χ4n) is 3.40. The van der Waals surface area contributed by atoms with Crippen molar-refractivity contribution in [2.24, 2.45) is 0 Å². The number of hydrogen-bond acceptors (Lipinski definition) is 2. The van der Waals surface area contributed by atoms with Crippen LogP contribution < -0.4 is 4.74 Å². The monoisotopic (exact) mass is 334 g/mol. The lowest BCUT2D eigenvalue weighted by molar-refractivity contribution is 0.310. The first-order chi connectivity index (χ1) is 12.2. The minimum atomic E-state index is 0.613. The molecule has 130 valence electrons. The second-order valence-electron chi connectivity index (χ2n) is 7.27. The van der Waals surface area contributed by atoms with Gasteiger partial charge in [-0.1, -0.05) is 36.4 Å². The van der Waals surface area contributed by atoms with E-state index >= 15 is 0 Å². The summed E-state index contributed by atoms with van der Waals surface area (Å²) < 4.78 is 8.71. The molecule has 3 heteroatoms. The minimum absolute atomic E-state index is 0.613. The van der Waals surface area contributed by atoms with Crippen molar-refractivity contribution in [1.29, 1.82) is 0 Å². The highest BCUT2D eigenvalue weighted by Gasteiger charge is 2.26. The summed E-state index contributed by atoms with van der Waals surface area (Å²) in [5, 5.41) is 1.30. The minimum Gasteiger partial charge on any atom is -0.488 e. The van der Waals surface area contributed by atoms with Crippen molar-refractivity contribution in [2.75, 3.05) is 20.6 Å². The topological polar surface area (TPSA) is 17.4 Å². The molecule has 0 atom stereocenters. The molecule has 0 aliphatic heterocycles. The van der Waals surface area contributed by atoms with Gasteiger partial charge in [0.2, 0.25) is 0 Å². The Bertz CT molecular complexity index is 847. The van der Waals surface area contributed by atoms with Gasteiger partial charge in [0.25, 0.3) is 0 Å². The Morgan fingerprint density at radius 2 is 1.84 bits per heavy atom. The Balaban J connectivity index is 1.67. The van der Waals surface area contributed by atoms with Crippen molar-refractivity contribution in [3.63, 3.8) is 0 Å². The van der Waals surface area contributed by atoms with Gasteiger partial charge in [-0.25, -0.2) is 0 Å². The van der Waals surface area contributed by atoms with Crippen LogP contribution >= 0.6 is 0 Å². The lowest BCUT2D eigenvalue weighted by atomic mass is 10.1. The van der Waals surface area contributed by atoms with Crippen molar-refractivity contribution in [1.82, 2.24) is 9.47 Å². The molecular weight excluding hydrogens is 308 g/mol. The molecule has 0 saturated heterocycles. The van der Waals surface area contributed by atoms with Crippen LogP contribution in [0.15, 0.2) is 54.7 Å². The smallest absolute Gasteiger partial charge is 0.129 e. The molecule has 1 aromatic heterocycles. The molecule has 1 fully saturated rings. The first-order valence-electron chi connectivity index (χ1n) is 9.16. The predicted octanol–water partition coefficient (Wildman–Crippen LogP) is 4.66. The molecule has 1 heterocycles. The lowest BCUT2D eigenvalue weighted by Gasteiger charge is -2.11. The number of aromatic nitrogens is 1. The SMILES string of the molecule is CN(C)CCc1cn(C2CC2)c2cccc(OCc3ccccc3)c12. The summed E-state index contributed by atoms with van der Waals surface area (Å²) in [5.74, 6) is 1.01. The van der Waals surface area contributed by atoms with Crippen LogP contribution in [0, 0.1) is 0 Å². The zero-order valence-corrected chi connectivity index (χ0v) is 15.1. The normalized spacial score (nSPS) is 14.4. The average molecular weight is 334 g/mol. The van der Waals surface area contributed by atoms with Crippen LogP contribution in [-0.4, -0.2) is 30.1 Å². The maximum atomic E-state index is 6.24. The van der Waals surface area contributed by atoms with Crippen LogP contribution in [0.5, 0.6) is 5.75 Å². The molecular formula is C22H26N2O. The molecule has 0 spiro atoms. The van der Waals surface area contributed by atoms with E-state index < -0.39 is 0 Å². The highest BCUT2D eigenvalue weighted by molar-refractivity contribution is 5.90. The van der Waals surface area contributed by atoms with Crippen molar-refractivity contribution in [3.05, 3.63) is 65.9 Å². The van der Waals surface area contributed by atoms with E-state index in [4.69, 9.17) is 4.74 Å². The molecule has 0 bridgehead atoms. The molecule has 2 aromatic carbocycles. The van der Waals surface area contributed by atoms with E-state index in [1.165, 1.54) is 34.9 Å². The number of benzene rings is 2. The molecule has 25 heavy (non-hydrogen) atoms. The van der Waals surface area contributed by atoms with E-state index in [0.717, 1.165) is 18.7 Å². The van der Waals surface area contributed by atoms with Gasteiger partial charge in [-0.15, -0.1) is 0 Å². The average Bonchev–Trinajstić information content (AvgIpc) is 3.40.